The number of benzene rings is 1. The van der Waals surface area contributed by atoms with Crippen LogP contribution in [0.25, 0.3) is 10.9 Å². The molecule has 0 atom stereocenters. The molecule has 0 spiro atoms. The minimum atomic E-state index is 0.764. The minimum Gasteiger partial charge on any atom is -0.489 e. The van der Waals surface area contributed by atoms with Gasteiger partial charge < -0.3 is 4.74 Å². The monoisotopic (exact) mass is 158 g/mol. The Balaban J connectivity index is 2.79. The highest BCUT2D eigenvalue weighted by molar-refractivity contribution is 5.84. The zero-order valence-electron chi connectivity index (χ0n) is 6.53. The topological polar surface area (TPSA) is 22.1 Å². The molecule has 59 valence electrons. The molecular weight excluding hydrogens is 150 g/mol. The summed E-state index contributed by atoms with van der Waals surface area (Å²) in [5, 5.41) is 0.995. The number of para-hydroxylation sites is 1. The molecule has 1 aromatic heterocycles. The fourth-order valence-electron chi connectivity index (χ4n) is 1.20. The van der Waals surface area contributed by atoms with E-state index in [1.54, 1.807) is 12.3 Å². The van der Waals surface area contributed by atoms with Crippen molar-refractivity contribution in [3.8, 4) is 5.75 Å². The Labute approximate surface area is 70.8 Å². The molecule has 2 rings (SSSR count). The molecule has 0 aliphatic rings. The first-order valence-corrected chi connectivity index (χ1v) is 3.67. The molecule has 0 saturated carbocycles. The van der Waals surface area contributed by atoms with Gasteiger partial charge >= 0.3 is 0 Å². The van der Waals surface area contributed by atoms with Crippen LogP contribution in [0, 0.1) is 7.11 Å². The molecule has 0 bridgehead atoms. The van der Waals surface area contributed by atoms with Crippen molar-refractivity contribution in [3.63, 3.8) is 0 Å². The lowest BCUT2D eigenvalue weighted by molar-refractivity contribution is 0.478. The molecule has 2 nitrogen and oxygen atoms in total. The molecular formula is C10H8NO. The summed E-state index contributed by atoms with van der Waals surface area (Å²) in [6, 6.07) is 9.60. The standard InChI is InChI=1S/C10H8NO/c1-12-10-6-7-11-9-5-3-2-4-8(9)10/h2-7H,1H2. The van der Waals surface area contributed by atoms with Gasteiger partial charge in [0, 0.05) is 11.6 Å². The molecule has 0 unspecified atom stereocenters. The summed E-state index contributed by atoms with van der Waals surface area (Å²) in [6.07, 6.45) is 1.71. The number of hydrogen-bond acceptors (Lipinski definition) is 2. The van der Waals surface area contributed by atoms with Gasteiger partial charge in [0.15, 0.2) is 0 Å². The third kappa shape index (κ3) is 1.01. The lowest BCUT2D eigenvalue weighted by Gasteiger charge is -2.02. The van der Waals surface area contributed by atoms with Crippen LogP contribution in [0.2, 0.25) is 0 Å². The maximum Gasteiger partial charge on any atom is 0.130 e. The zero-order valence-corrected chi connectivity index (χ0v) is 6.53. The van der Waals surface area contributed by atoms with E-state index in [0.29, 0.717) is 0 Å². The van der Waals surface area contributed by atoms with E-state index >= 15 is 0 Å². The van der Waals surface area contributed by atoms with Crippen LogP contribution in [0.5, 0.6) is 5.75 Å². The molecule has 2 heteroatoms. The largest absolute Gasteiger partial charge is 0.489 e. The predicted molar refractivity (Wildman–Crippen MR) is 47.7 cm³/mol. The molecule has 0 aliphatic carbocycles. The Morgan fingerprint density at radius 1 is 1.17 bits per heavy atom. The van der Waals surface area contributed by atoms with Gasteiger partial charge in [0.05, 0.1) is 5.52 Å². The van der Waals surface area contributed by atoms with Crippen LogP contribution in [0.4, 0.5) is 0 Å². The van der Waals surface area contributed by atoms with Gasteiger partial charge in [-0.3, -0.25) is 4.98 Å². The average Bonchev–Trinajstić information content (AvgIpc) is 2.17. The summed E-state index contributed by atoms with van der Waals surface area (Å²) in [5.41, 5.74) is 0.929. The van der Waals surface area contributed by atoms with Crippen molar-refractivity contribution in [2.75, 3.05) is 0 Å². The van der Waals surface area contributed by atoms with Gasteiger partial charge in [-0.05, 0) is 18.2 Å². The summed E-state index contributed by atoms with van der Waals surface area (Å²) in [6.45, 7) is 0. The predicted octanol–water partition coefficient (Wildman–Crippen LogP) is 2.41. The molecule has 0 fully saturated rings. The second-order valence-corrected chi connectivity index (χ2v) is 2.47. The van der Waals surface area contributed by atoms with Crippen LogP contribution < -0.4 is 4.74 Å². The Morgan fingerprint density at radius 3 is 2.83 bits per heavy atom. The third-order valence-corrected chi connectivity index (χ3v) is 1.76. The van der Waals surface area contributed by atoms with E-state index in [0.717, 1.165) is 16.7 Å². The van der Waals surface area contributed by atoms with Crippen molar-refractivity contribution < 1.29 is 4.74 Å². The van der Waals surface area contributed by atoms with E-state index in [1.165, 1.54) is 0 Å². The number of rotatable bonds is 1. The summed E-state index contributed by atoms with van der Waals surface area (Å²) >= 11 is 0. The normalized spacial score (nSPS) is 10.1. The first-order valence-electron chi connectivity index (χ1n) is 3.67. The maximum absolute atomic E-state index is 4.94. The lowest BCUT2D eigenvalue weighted by atomic mass is 10.2. The van der Waals surface area contributed by atoms with Crippen LogP contribution in [0.15, 0.2) is 36.5 Å². The van der Waals surface area contributed by atoms with Crippen LogP contribution in [-0.2, 0) is 0 Å². The fraction of sp³-hybridized carbons (Fsp3) is 0. The summed E-state index contributed by atoms with van der Waals surface area (Å²) in [4.78, 5) is 4.18. The van der Waals surface area contributed by atoms with Crippen LogP contribution in [-0.4, -0.2) is 4.98 Å². The maximum atomic E-state index is 4.94. The molecule has 1 radical (unpaired) electrons. The van der Waals surface area contributed by atoms with Crippen molar-refractivity contribution in [2.45, 2.75) is 0 Å². The second kappa shape index (κ2) is 2.81. The van der Waals surface area contributed by atoms with Crippen molar-refractivity contribution >= 4 is 10.9 Å². The van der Waals surface area contributed by atoms with Gasteiger partial charge in [-0.2, -0.15) is 0 Å². The van der Waals surface area contributed by atoms with Crippen molar-refractivity contribution in [3.05, 3.63) is 43.6 Å². The van der Waals surface area contributed by atoms with Gasteiger partial charge in [-0.15, -0.1) is 0 Å². The van der Waals surface area contributed by atoms with E-state index in [2.05, 4.69) is 12.1 Å². The van der Waals surface area contributed by atoms with E-state index in [9.17, 15) is 0 Å². The quantitative estimate of drug-likeness (QED) is 0.635. The van der Waals surface area contributed by atoms with Gasteiger partial charge in [0.25, 0.3) is 0 Å². The number of nitrogens with zero attached hydrogens (tertiary/aromatic N) is 1. The second-order valence-electron chi connectivity index (χ2n) is 2.47. The fourth-order valence-corrected chi connectivity index (χ4v) is 1.20. The van der Waals surface area contributed by atoms with E-state index in [4.69, 9.17) is 4.74 Å². The first kappa shape index (κ1) is 7.10. The molecule has 0 amide bonds. The molecule has 12 heavy (non-hydrogen) atoms. The molecule has 1 aromatic carbocycles. The molecule has 0 saturated heterocycles. The molecule has 0 aliphatic heterocycles. The number of pyridine rings is 1. The Morgan fingerprint density at radius 2 is 2.00 bits per heavy atom. The van der Waals surface area contributed by atoms with Crippen molar-refractivity contribution in [1.82, 2.24) is 4.98 Å². The van der Waals surface area contributed by atoms with E-state index in [-0.39, 0.29) is 0 Å². The lowest BCUT2D eigenvalue weighted by Crippen LogP contribution is -1.83. The Bertz CT molecular complexity index is 392. The van der Waals surface area contributed by atoms with Crippen LogP contribution in [0.1, 0.15) is 0 Å². The first-order chi connectivity index (χ1) is 5.92. The SMILES string of the molecule is [CH2]Oc1ccnc2ccccc12. The summed E-state index contributed by atoms with van der Waals surface area (Å²) < 4.78 is 4.94. The van der Waals surface area contributed by atoms with Gasteiger partial charge in [-0.1, -0.05) is 12.1 Å². The van der Waals surface area contributed by atoms with Crippen molar-refractivity contribution in [2.24, 2.45) is 0 Å². The molecule has 0 N–H and O–H groups in total. The highest BCUT2D eigenvalue weighted by Gasteiger charge is 1.98. The van der Waals surface area contributed by atoms with Crippen LogP contribution in [0.3, 0.4) is 0 Å². The van der Waals surface area contributed by atoms with E-state index in [1.807, 2.05) is 24.3 Å². The number of hydrogen-bond donors (Lipinski definition) is 0. The number of ether oxygens (including phenoxy) is 1. The molecule has 1 heterocycles. The Hall–Kier alpha value is -1.57. The highest BCUT2D eigenvalue weighted by atomic mass is 16.5. The zero-order chi connectivity index (χ0) is 8.39. The van der Waals surface area contributed by atoms with Gasteiger partial charge in [0.1, 0.15) is 12.9 Å². The molecule has 2 aromatic rings. The minimum absolute atomic E-state index is 0.764. The summed E-state index contributed by atoms with van der Waals surface area (Å²) in [5.74, 6) is 0.764. The van der Waals surface area contributed by atoms with Crippen molar-refractivity contribution in [1.29, 1.82) is 0 Å². The highest BCUT2D eigenvalue weighted by Crippen LogP contribution is 2.22. The smallest absolute Gasteiger partial charge is 0.130 e. The number of fused-ring (bicyclic) bond motifs is 1. The van der Waals surface area contributed by atoms with Crippen LogP contribution >= 0.6 is 0 Å². The number of aromatic nitrogens is 1. The van der Waals surface area contributed by atoms with Gasteiger partial charge in [-0.25, -0.2) is 0 Å². The third-order valence-electron chi connectivity index (χ3n) is 1.76. The van der Waals surface area contributed by atoms with Gasteiger partial charge in [0.2, 0.25) is 0 Å². The Kier molecular flexibility index (Phi) is 1.67. The average molecular weight is 158 g/mol. The van der Waals surface area contributed by atoms with E-state index < -0.39 is 0 Å². The summed E-state index contributed by atoms with van der Waals surface area (Å²) in [7, 11) is 3.38.